The van der Waals surface area contributed by atoms with Crippen LogP contribution in [0.15, 0.2) is 35.3 Å². The van der Waals surface area contributed by atoms with Crippen LogP contribution in [0.5, 0.6) is 0 Å². The molecular weight excluding hydrogens is 326 g/mol. The van der Waals surface area contributed by atoms with Crippen LogP contribution in [-0.4, -0.2) is 19.9 Å². The second kappa shape index (κ2) is 6.85. The first-order chi connectivity index (χ1) is 10.5. The van der Waals surface area contributed by atoms with Crippen LogP contribution >= 0.6 is 23.2 Å². The lowest BCUT2D eigenvalue weighted by molar-refractivity contribution is 0.632. The van der Waals surface area contributed by atoms with Crippen molar-refractivity contribution in [3.8, 4) is 0 Å². The van der Waals surface area contributed by atoms with Crippen LogP contribution in [0, 0.1) is 5.82 Å². The number of amidine groups is 1. The number of nitrogens with two attached hydrogens (primary N) is 1. The summed E-state index contributed by atoms with van der Waals surface area (Å²) in [6.07, 6.45) is 0. The van der Waals surface area contributed by atoms with E-state index in [0.717, 1.165) is 11.8 Å². The molecule has 2 rings (SSSR count). The first-order valence-corrected chi connectivity index (χ1v) is 7.18. The number of halogens is 3. The van der Waals surface area contributed by atoms with Crippen molar-refractivity contribution in [1.29, 1.82) is 0 Å². The van der Waals surface area contributed by atoms with E-state index in [-0.39, 0.29) is 15.7 Å². The molecule has 0 bridgehead atoms. The molecule has 0 saturated heterocycles. The summed E-state index contributed by atoms with van der Waals surface area (Å²) in [4.78, 5) is 4.14. The van der Waals surface area contributed by atoms with Crippen molar-refractivity contribution < 1.29 is 4.39 Å². The lowest BCUT2D eigenvalue weighted by atomic mass is 10.1. The molecule has 116 valence electrons. The van der Waals surface area contributed by atoms with Crippen molar-refractivity contribution in [2.75, 3.05) is 30.5 Å². The van der Waals surface area contributed by atoms with E-state index in [1.54, 1.807) is 20.2 Å². The highest BCUT2D eigenvalue weighted by atomic mass is 35.5. The van der Waals surface area contributed by atoms with Crippen LogP contribution in [-0.2, 0) is 0 Å². The van der Waals surface area contributed by atoms with Crippen molar-refractivity contribution in [3.05, 3.63) is 51.8 Å². The summed E-state index contributed by atoms with van der Waals surface area (Å²) in [5.74, 6) is -0.106. The molecule has 0 spiro atoms. The van der Waals surface area contributed by atoms with Crippen molar-refractivity contribution in [1.82, 2.24) is 0 Å². The number of nitrogens with one attached hydrogen (secondary N) is 2. The largest absolute Gasteiger partial charge is 0.398 e. The van der Waals surface area contributed by atoms with Gasteiger partial charge in [0, 0.05) is 31.0 Å². The highest BCUT2D eigenvalue weighted by Crippen LogP contribution is 2.29. The van der Waals surface area contributed by atoms with E-state index in [4.69, 9.17) is 28.9 Å². The molecule has 22 heavy (non-hydrogen) atoms. The van der Waals surface area contributed by atoms with Gasteiger partial charge in [-0.3, -0.25) is 4.99 Å². The Morgan fingerprint density at radius 1 is 1.18 bits per heavy atom. The number of benzene rings is 2. The Hall–Kier alpha value is -1.98. The molecule has 0 aliphatic rings. The van der Waals surface area contributed by atoms with Gasteiger partial charge in [0.05, 0.1) is 15.7 Å². The average Bonchev–Trinajstić information content (AvgIpc) is 2.50. The number of aliphatic imine (C=N–C) groups is 1. The van der Waals surface area contributed by atoms with E-state index in [0.29, 0.717) is 17.1 Å². The fourth-order valence-electron chi connectivity index (χ4n) is 1.91. The number of hydrogen-bond donors (Lipinski definition) is 3. The zero-order valence-electron chi connectivity index (χ0n) is 12.0. The van der Waals surface area contributed by atoms with E-state index in [2.05, 4.69) is 15.6 Å². The quantitative estimate of drug-likeness (QED) is 0.339. The van der Waals surface area contributed by atoms with Gasteiger partial charge in [0.25, 0.3) is 0 Å². The molecule has 7 heteroatoms. The zero-order chi connectivity index (χ0) is 16.3. The van der Waals surface area contributed by atoms with Crippen molar-refractivity contribution in [3.63, 3.8) is 0 Å². The fraction of sp³-hybridized carbons (Fsp3) is 0.133. The molecule has 0 saturated carbocycles. The second-order valence-corrected chi connectivity index (χ2v) is 5.31. The Kier molecular flexibility index (Phi) is 5.11. The Morgan fingerprint density at radius 3 is 2.50 bits per heavy atom. The maximum absolute atomic E-state index is 14.0. The van der Waals surface area contributed by atoms with Gasteiger partial charge in [-0.2, -0.15) is 0 Å². The molecule has 0 aliphatic heterocycles. The minimum absolute atomic E-state index is 0.149. The predicted molar refractivity (Wildman–Crippen MR) is 92.9 cm³/mol. The fourth-order valence-corrected chi connectivity index (χ4v) is 2.22. The van der Waals surface area contributed by atoms with Gasteiger partial charge in [0.15, 0.2) is 0 Å². The number of anilines is 3. The molecule has 0 amide bonds. The smallest absolute Gasteiger partial charge is 0.148 e. The van der Waals surface area contributed by atoms with E-state index in [9.17, 15) is 4.39 Å². The Labute approximate surface area is 138 Å². The minimum atomic E-state index is -0.529. The molecule has 0 fully saturated rings. The van der Waals surface area contributed by atoms with Gasteiger partial charge in [-0.15, -0.1) is 0 Å². The molecule has 2 aromatic carbocycles. The normalized spacial score (nSPS) is 11.4. The number of nitrogen functional groups attached to an aromatic ring is 1. The summed E-state index contributed by atoms with van der Waals surface area (Å²) >= 11 is 11.7. The van der Waals surface area contributed by atoms with Gasteiger partial charge in [0.2, 0.25) is 0 Å². The number of rotatable bonds is 3. The molecule has 0 aromatic heterocycles. The van der Waals surface area contributed by atoms with Crippen LogP contribution in [0.4, 0.5) is 21.5 Å². The molecule has 0 radical (unpaired) electrons. The van der Waals surface area contributed by atoms with Crippen molar-refractivity contribution in [2.24, 2.45) is 4.99 Å². The topological polar surface area (TPSA) is 62.4 Å². The zero-order valence-corrected chi connectivity index (χ0v) is 13.6. The molecule has 4 N–H and O–H groups in total. The van der Waals surface area contributed by atoms with Gasteiger partial charge >= 0.3 is 0 Å². The molecule has 0 unspecified atom stereocenters. The summed E-state index contributed by atoms with van der Waals surface area (Å²) < 4.78 is 14.0. The van der Waals surface area contributed by atoms with Crippen LogP contribution < -0.4 is 16.4 Å². The van der Waals surface area contributed by atoms with E-state index < -0.39 is 5.82 Å². The summed E-state index contributed by atoms with van der Waals surface area (Å²) in [6.45, 7) is 0. The Morgan fingerprint density at radius 2 is 1.86 bits per heavy atom. The van der Waals surface area contributed by atoms with Crippen LogP contribution in [0.1, 0.15) is 5.56 Å². The van der Waals surface area contributed by atoms with E-state index in [1.165, 1.54) is 6.07 Å². The van der Waals surface area contributed by atoms with Crippen LogP contribution in [0.25, 0.3) is 0 Å². The van der Waals surface area contributed by atoms with Crippen molar-refractivity contribution >= 4 is 46.1 Å². The lowest BCUT2D eigenvalue weighted by Gasteiger charge is -2.14. The molecule has 0 atom stereocenters. The Balaban J connectivity index is 2.41. The summed E-state index contributed by atoms with van der Waals surface area (Å²) in [5, 5.41) is 6.31. The monoisotopic (exact) mass is 340 g/mol. The number of hydrogen-bond acceptors (Lipinski definition) is 3. The Bertz CT molecular complexity index is 732. The third kappa shape index (κ3) is 3.43. The van der Waals surface area contributed by atoms with Crippen LogP contribution in [0.2, 0.25) is 10.0 Å². The maximum Gasteiger partial charge on any atom is 0.148 e. The van der Waals surface area contributed by atoms with Gasteiger partial charge in [-0.1, -0.05) is 23.2 Å². The summed E-state index contributed by atoms with van der Waals surface area (Å²) in [7, 11) is 3.38. The van der Waals surface area contributed by atoms with Gasteiger partial charge < -0.3 is 16.4 Å². The van der Waals surface area contributed by atoms with E-state index in [1.807, 2.05) is 12.1 Å². The van der Waals surface area contributed by atoms with E-state index >= 15 is 0 Å². The van der Waals surface area contributed by atoms with Gasteiger partial charge in [0.1, 0.15) is 11.7 Å². The molecular formula is C15H15Cl2FN4. The summed E-state index contributed by atoms with van der Waals surface area (Å²) in [6, 6.07) is 7.96. The van der Waals surface area contributed by atoms with Crippen molar-refractivity contribution in [2.45, 2.75) is 0 Å². The standard InChI is InChI=1S/C15H15Cl2FN4/c1-20-8-3-4-13(19)9(5-8)15(21-2)22-14-7-11(17)10(16)6-12(14)18/h3-7,20H,19H2,1-2H3,(H,21,22). The average molecular weight is 341 g/mol. The third-order valence-electron chi connectivity index (χ3n) is 3.08. The number of nitrogens with zero attached hydrogens (tertiary/aromatic N) is 1. The third-order valence-corrected chi connectivity index (χ3v) is 3.81. The maximum atomic E-state index is 14.0. The van der Waals surface area contributed by atoms with Gasteiger partial charge in [-0.25, -0.2) is 4.39 Å². The predicted octanol–water partition coefficient (Wildman–Crippen LogP) is 4.24. The van der Waals surface area contributed by atoms with Crippen LogP contribution in [0.3, 0.4) is 0 Å². The highest BCUT2D eigenvalue weighted by molar-refractivity contribution is 6.42. The highest BCUT2D eigenvalue weighted by Gasteiger charge is 2.13. The van der Waals surface area contributed by atoms with Gasteiger partial charge in [-0.05, 0) is 30.3 Å². The summed E-state index contributed by atoms with van der Waals surface area (Å²) in [5.41, 5.74) is 8.18. The lowest BCUT2D eigenvalue weighted by Crippen LogP contribution is -2.16. The molecule has 0 aliphatic carbocycles. The second-order valence-electron chi connectivity index (χ2n) is 4.50. The molecule has 2 aromatic rings. The first kappa shape index (κ1) is 16.4. The SMILES string of the molecule is CN=C(Nc1cc(Cl)c(Cl)cc1F)c1cc(NC)ccc1N. The minimum Gasteiger partial charge on any atom is -0.398 e. The molecule has 0 heterocycles. The molecule has 4 nitrogen and oxygen atoms in total. The first-order valence-electron chi connectivity index (χ1n) is 6.42.